The molecule has 0 unspecified atom stereocenters. The molecule has 3 aliphatic heterocycles. The number of pyridine rings is 1. The summed E-state index contributed by atoms with van der Waals surface area (Å²) in [6.45, 7) is 13.4. The van der Waals surface area contributed by atoms with Gasteiger partial charge in [-0.25, -0.2) is 14.2 Å². The van der Waals surface area contributed by atoms with E-state index in [0.717, 1.165) is 55.5 Å². The largest absolute Gasteiger partial charge is 0.374 e. The third kappa shape index (κ3) is 5.57. The number of hydrogen-bond acceptors (Lipinski definition) is 10. The molecule has 3 aliphatic rings. The van der Waals surface area contributed by atoms with Crippen LogP contribution < -0.4 is 15.1 Å². The van der Waals surface area contributed by atoms with Crippen LogP contribution in [0.3, 0.4) is 0 Å². The van der Waals surface area contributed by atoms with E-state index in [0.29, 0.717) is 18.4 Å². The molecule has 10 nitrogen and oxygen atoms in total. The van der Waals surface area contributed by atoms with Crippen LogP contribution in [-0.4, -0.2) is 88.0 Å². The molecular weight excluding hydrogens is 548 g/mol. The van der Waals surface area contributed by atoms with Crippen molar-refractivity contribution in [1.82, 2.24) is 19.9 Å². The number of anilines is 5. The van der Waals surface area contributed by atoms with Crippen LogP contribution in [0.4, 0.5) is 34.8 Å². The zero-order chi connectivity index (χ0) is 29.9. The summed E-state index contributed by atoms with van der Waals surface area (Å²) >= 11 is 0. The van der Waals surface area contributed by atoms with Gasteiger partial charge in [0.25, 0.3) is 0 Å². The van der Waals surface area contributed by atoms with Gasteiger partial charge in [0.2, 0.25) is 5.95 Å². The van der Waals surface area contributed by atoms with E-state index >= 15 is 0 Å². The average Bonchev–Trinajstić information content (AvgIpc) is 3.15. The van der Waals surface area contributed by atoms with Gasteiger partial charge in [-0.15, -0.1) is 0 Å². The number of fused-ring (bicyclic) bond motifs is 3. The lowest BCUT2D eigenvalue weighted by molar-refractivity contribution is -0.0893. The number of likely N-dealkylation sites (N-methyl/N-ethyl adjacent to an activating group) is 1. The van der Waals surface area contributed by atoms with E-state index in [9.17, 15) is 4.21 Å². The molecule has 42 heavy (non-hydrogen) atoms. The lowest BCUT2D eigenvalue weighted by Crippen LogP contribution is -2.54. The van der Waals surface area contributed by atoms with E-state index in [2.05, 4.69) is 77.3 Å². The summed E-state index contributed by atoms with van der Waals surface area (Å²) in [5, 5.41) is 3.45. The number of ether oxygens (including phenoxy) is 1. The summed E-state index contributed by atoms with van der Waals surface area (Å²) in [7, 11) is -0.181. The fourth-order valence-electron chi connectivity index (χ4n) is 6.35. The van der Waals surface area contributed by atoms with Crippen molar-refractivity contribution in [1.29, 1.82) is 0 Å². The fraction of sp³-hybridized carbons (Fsp3) is 0.516. The van der Waals surface area contributed by atoms with Crippen molar-refractivity contribution in [2.24, 2.45) is 4.36 Å². The SMILES string of the molecule is Cc1cc(Nc2ncc3c(n2)N(c2cccc(N=S(C)(C)=O)n2)[C@H]2CC(C)(C)OC[C@@]32C)ccc1N1CCN(C)CC1. The summed E-state index contributed by atoms with van der Waals surface area (Å²) in [6.07, 6.45) is 5.96. The van der Waals surface area contributed by atoms with Crippen molar-refractivity contribution >= 4 is 44.5 Å². The summed E-state index contributed by atoms with van der Waals surface area (Å²) in [5.41, 5.74) is 3.86. The Morgan fingerprint density at radius 3 is 2.55 bits per heavy atom. The highest BCUT2D eigenvalue weighted by Gasteiger charge is 2.55. The fourth-order valence-corrected chi connectivity index (χ4v) is 6.90. The van der Waals surface area contributed by atoms with Crippen LogP contribution in [0.15, 0.2) is 47.0 Å². The number of piperazine rings is 1. The molecule has 0 saturated carbocycles. The van der Waals surface area contributed by atoms with E-state index in [-0.39, 0.29) is 17.1 Å². The number of hydrogen-bond donors (Lipinski definition) is 1. The number of nitrogens with one attached hydrogen (secondary N) is 1. The predicted molar refractivity (Wildman–Crippen MR) is 170 cm³/mol. The Labute approximate surface area is 249 Å². The van der Waals surface area contributed by atoms with Gasteiger partial charge >= 0.3 is 0 Å². The molecule has 0 amide bonds. The van der Waals surface area contributed by atoms with Crippen LogP contribution in [-0.2, 0) is 19.9 Å². The molecule has 2 aromatic heterocycles. The molecule has 6 rings (SSSR count). The molecule has 0 spiro atoms. The summed E-state index contributed by atoms with van der Waals surface area (Å²) in [5.74, 6) is 2.52. The first-order valence-electron chi connectivity index (χ1n) is 14.6. The standard InChI is InChI=1S/C31H42N8O2S/c1-21-17-22(11-12-24(21)38-15-13-37(5)14-16-38)33-29-32-19-23-28(35-29)39(25-18-30(2,3)41-20-31(23,25)4)27-10-8-9-26(34-27)36-42(6,7)40/h8-12,17,19,25H,13-16,18,20H2,1-7H3,(H,32,33,35)/t25-,31-/m0/s1. The van der Waals surface area contributed by atoms with Gasteiger partial charge in [-0.05, 0) is 70.1 Å². The van der Waals surface area contributed by atoms with Crippen molar-refractivity contribution in [3.8, 4) is 0 Å². The van der Waals surface area contributed by atoms with E-state index in [4.69, 9.17) is 19.7 Å². The second kappa shape index (κ2) is 10.5. The number of benzene rings is 1. The molecule has 224 valence electrons. The minimum Gasteiger partial charge on any atom is -0.374 e. The number of aryl methyl sites for hydroxylation is 1. The minimum absolute atomic E-state index is 0.0567. The first kappa shape index (κ1) is 28.8. The highest BCUT2D eigenvalue weighted by molar-refractivity contribution is 7.92. The minimum atomic E-state index is -2.36. The maximum atomic E-state index is 12.4. The lowest BCUT2D eigenvalue weighted by Gasteiger charge is -2.46. The van der Waals surface area contributed by atoms with Crippen LogP contribution in [0.2, 0.25) is 0 Å². The molecule has 2 saturated heterocycles. The molecule has 1 N–H and O–H groups in total. The molecule has 0 aliphatic carbocycles. The highest BCUT2D eigenvalue weighted by atomic mass is 32.2. The average molecular weight is 591 g/mol. The van der Waals surface area contributed by atoms with Gasteiger partial charge in [0.15, 0.2) is 5.82 Å². The first-order chi connectivity index (χ1) is 19.8. The molecule has 1 aromatic carbocycles. The first-order valence-corrected chi connectivity index (χ1v) is 16.9. The molecule has 0 bridgehead atoms. The predicted octanol–water partition coefficient (Wildman–Crippen LogP) is 5.01. The Hall–Kier alpha value is -3.28. The third-order valence-electron chi connectivity index (χ3n) is 8.68. The van der Waals surface area contributed by atoms with Gasteiger partial charge in [0, 0.05) is 77.0 Å². The van der Waals surface area contributed by atoms with Crippen molar-refractivity contribution in [3.05, 3.63) is 53.7 Å². The van der Waals surface area contributed by atoms with Crippen molar-refractivity contribution in [2.45, 2.75) is 51.2 Å². The van der Waals surface area contributed by atoms with Gasteiger partial charge in [0.1, 0.15) is 11.6 Å². The Bertz CT molecular complexity index is 1620. The van der Waals surface area contributed by atoms with E-state index in [1.165, 1.54) is 11.3 Å². The van der Waals surface area contributed by atoms with Crippen LogP contribution >= 0.6 is 0 Å². The van der Waals surface area contributed by atoms with Crippen LogP contribution in [0, 0.1) is 6.92 Å². The molecule has 2 atom stereocenters. The second-order valence-corrected chi connectivity index (χ2v) is 15.6. The van der Waals surface area contributed by atoms with Gasteiger partial charge < -0.3 is 24.8 Å². The molecule has 5 heterocycles. The Kier molecular flexibility index (Phi) is 7.18. The molecule has 2 fully saturated rings. The topological polar surface area (TPSA) is 99.1 Å². The van der Waals surface area contributed by atoms with E-state index in [1.807, 2.05) is 18.3 Å². The zero-order valence-electron chi connectivity index (χ0n) is 25.7. The molecule has 3 aromatic rings. The molecule has 0 radical (unpaired) electrons. The summed E-state index contributed by atoms with van der Waals surface area (Å²) < 4.78 is 23.2. The van der Waals surface area contributed by atoms with Crippen molar-refractivity contribution in [2.75, 3.05) is 67.5 Å². The second-order valence-electron chi connectivity index (χ2n) is 13.0. The third-order valence-corrected chi connectivity index (χ3v) is 9.31. The Morgan fingerprint density at radius 1 is 1.07 bits per heavy atom. The van der Waals surface area contributed by atoms with Gasteiger partial charge in [-0.3, -0.25) is 0 Å². The van der Waals surface area contributed by atoms with Gasteiger partial charge in [-0.2, -0.15) is 9.35 Å². The Morgan fingerprint density at radius 2 is 1.83 bits per heavy atom. The smallest absolute Gasteiger partial charge is 0.229 e. The van der Waals surface area contributed by atoms with Gasteiger partial charge in [-0.1, -0.05) is 13.0 Å². The number of nitrogens with zero attached hydrogens (tertiary/aromatic N) is 7. The van der Waals surface area contributed by atoms with Crippen LogP contribution in [0.1, 0.15) is 38.3 Å². The molecule has 11 heteroatoms. The van der Waals surface area contributed by atoms with Crippen LogP contribution in [0.5, 0.6) is 0 Å². The maximum Gasteiger partial charge on any atom is 0.229 e. The maximum absolute atomic E-state index is 12.4. The number of rotatable bonds is 5. The monoisotopic (exact) mass is 590 g/mol. The van der Waals surface area contributed by atoms with Crippen molar-refractivity contribution in [3.63, 3.8) is 0 Å². The van der Waals surface area contributed by atoms with Crippen LogP contribution in [0.25, 0.3) is 0 Å². The summed E-state index contributed by atoms with van der Waals surface area (Å²) in [4.78, 5) is 21.7. The summed E-state index contributed by atoms with van der Waals surface area (Å²) in [6, 6.07) is 12.2. The highest BCUT2D eigenvalue weighted by Crippen LogP contribution is 2.53. The Balaban J connectivity index is 1.36. The normalized spacial score (nSPS) is 23.8. The lowest BCUT2D eigenvalue weighted by atomic mass is 9.73. The van der Waals surface area contributed by atoms with Gasteiger partial charge in [0.05, 0.1) is 18.2 Å². The molecular formula is C31H42N8O2S. The van der Waals surface area contributed by atoms with E-state index in [1.54, 1.807) is 18.6 Å². The zero-order valence-corrected chi connectivity index (χ0v) is 26.5. The quantitative estimate of drug-likeness (QED) is 0.440. The number of aromatic nitrogens is 3. The van der Waals surface area contributed by atoms with Crippen molar-refractivity contribution < 1.29 is 8.95 Å². The van der Waals surface area contributed by atoms with E-state index < -0.39 is 9.73 Å².